The predicted molar refractivity (Wildman–Crippen MR) is 123 cm³/mol. The summed E-state index contributed by atoms with van der Waals surface area (Å²) in [6.07, 6.45) is 0.813. The van der Waals surface area contributed by atoms with Crippen molar-refractivity contribution >= 4 is 33.3 Å². The number of sulfonamides is 1. The lowest BCUT2D eigenvalue weighted by molar-refractivity contribution is -0.114. The molecule has 0 spiro atoms. The summed E-state index contributed by atoms with van der Waals surface area (Å²) in [6.45, 7) is 1.59. The molecule has 3 aromatic carbocycles. The van der Waals surface area contributed by atoms with Gasteiger partial charge in [0, 0.05) is 5.69 Å². The minimum Gasteiger partial charge on any atom is -0.465 e. The summed E-state index contributed by atoms with van der Waals surface area (Å²) in [5.41, 5.74) is 2.22. The number of aryl methyl sites for hydroxylation is 1. The first kappa shape index (κ1) is 23.0. The van der Waals surface area contributed by atoms with Crippen LogP contribution in [0, 0.1) is 0 Å². The van der Waals surface area contributed by atoms with E-state index in [9.17, 15) is 18.0 Å². The van der Waals surface area contributed by atoms with Gasteiger partial charge in [-0.2, -0.15) is 0 Å². The van der Waals surface area contributed by atoms with Crippen LogP contribution in [0.2, 0.25) is 0 Å². The third-order valence-electron chi connectivity index (χ3n) is 4.84. The van der Waals surface area contributed by atoms with Gasteiger partial charge in [0.15, 0.2) is 0 Å². The maximum absolute atomic E-state index is 13.3. The van der Waals surface area contributed by atoms with E-state index in [0.29, 0.717) is 16.9 Å². The van der Waals surface area contributed by atoms with Gasteiger partial charge in [-0.1, -0.05) is 37.3 Å². The SMILES string of the molecule is CCc1ccc(N(CC(=O)Nc2ccc(C(=O)OC)cc2)S(=O)(=O)c2ccccc2)cc1. The largest absolute Gasteiger partial charge is 0.465 e. The highest BCUT2D eigenvalue weighted by Crippen LogP contribution is 2.24. The van der Waals surface area contributed by atoms with E-state index in [-0.39, 0.29) is 4.90 Å². The van der Waals surface area contributed by atoms with Gasteiger partial charge in [-0.15, -0.1) is 0 Å². The van der Waals surface area contributed by atoms with Crippen LogP contribution in [-0.2, 0) is 26.0 Å². The van der Waals surface area contributed by atoms with E-state index in [1.165, 1.54) is 31.4 Å². The van der Waals surface area contributed by atoms with Crippen LogP contribution in [0.15, 0.2) is 83.8 Å². The molecule has 0 saturated carbocycles. The number of nitrogens with zero attached hydrogens (tertiary/aromatic N) is 1. The van der Waals surface area contributed by atoms with Gasteiger partial charge >= 0.3 is 5.97 Å². The smallest absolute Gasteiger partial charge is 0.337 e. The van der Waals surface area contributed by atoms with Gasteiger partial charge in [-0.05, 0) is 60.5 Å². The zero-order chi connectivity index (χ0) is 23.1. The van der Waals surface area contributed by atoms with Crippen LogP contribution < -0.4 is 9.62 Å². The van der Waals surface area contributed by atoms with Crippen LogP contribution in [0.25, 0.3) is 0 Å². The molecule has 0 heterocycles. The molecule has 0 saturated heterocycles. The molecule has 166 valence electrons. The van der Waals surface area contributed by atoms with E-state index < -0.39 is 28.4 Å². The first-order valence-electron chi connectivity index (χ1n) is 10.00. The number of carbonyl (C=O) groups is 2. The fourth-order valence-corrected chi connectivity index (χ4v) is 4.51. The number of benzene rings is 3. The number of carbonyl (C=O) groups excluding carboxylic acids is 2. The Bertz CT molecular complexity index is 1180. The van der Waals surface area contributed by atoms with Crippen molar-refractivity contribution in [3.63, 3.8) is 0 Å². The molecule has 1 amide bonds. The first-order chi connectivity index (χ1) is 15.3. The predicted octanol–water partition coefficient (Wildman–Crippen LogP) is 3.87. The number of nitrogens with one attached hydrogen (secondary N) is 1. The van der Waals surface area contributed by atoms with Crippen molar-refractivity contribution in [3.05, 3.63) is 90.0 Å². The molecule has 8 heteroatoms. The lowest BCUT2D eigenvalue weighted by Crippen LogP contribution is -2.38. The second kappa shape index (κ2) is 10.1. The quantitative estimate of drug-likeness (QED) is 0.524. The Hall–Kier alpha value is -3.65. The van der Waals surface area contributed by atoms with Crippen molar-refractivity contribution in [2.75, 3.05) is 23.3 Å². The van der Waals surface area contributed by atoms with E-state index in [1.807, 2.05) is 19.1 Å². The number of hydrogen-bond donors (Lipinski definition) is 1. The van der Waals surface area contributed by atoms with E-state index in [2.05, 4.69) is 10.1 Å². The number of hydrogen-bond acceptors (Lipinski definition) is 5. The molecule has 0 aliphatic carbocycles. The van der Waals surface area contributed by atoms with Gasteiger partial charge in [0.2, 0.25) is 5.91 Å². The molecule has 0 aromatic heterocycles. The van der Waals surface area contributed by atoms with E-state index >= 15 is 0 Å². The molecule has 3 aromatic rings. The minimum absolute atomic E-state index is 0.0924. The van der Waals surface area contributed by atoms with Gasteiger partial charge in [0.05, 0.1) is 23.3 Å². The van der Waals surface area contributed by atoms with Crippen LogP contribution >= 0.6 is 0 Å². The summed E-state index contributed by atoms with van der Waals surface area (Å²) in [5.74, 6) is -1.01. The fraction of sp³-hybridized carbons (Fsp3) is 0.167. The topological polar surface area (TPSA) is 92.8 Å². The molecule has 0 bridgehead atoms. The molecule has 32 heavy (non-hydrogen) atoms. The number of esters is 1. The van der Waals surface area contributed by atoms with Crippen molar-refractivity contribution in [3.8, 4) is 0 Å². The van der Waals surface area contributed by atoms with Crippen molar-refractivity contribution in [2.45, 2.75) is 18.2 Å². The Kier molecular flexibility index (Phi) is 7.27. The second-order valence-electron chi connectivity index (χ2n) is 6.96. The van der Waals surface area contributed by atoms with Crippen LogP contribution in [0.1, 0.15) is 22.8 Å². The molecular formula is C24H24N2O5S. The Morgan fingerprint density at radius 1 is 0.906 bits per heavy atom. The molecule has 0 aliphatic heterocycles. The van der Waals surface area contributed by atoms with Crippen molar-refractivity contribution < 1.29 is 22.7 Å². The summed E-state index contributed by atoms with van der Waals surface area (Å²) in [7, 11) is -2.69. The average molecular weight is 453 g/mol. The van der Waals surface area contributed by atoms with Crippen LogP contribution in [0.3, 0.4) is 0 Å². The Morgan fingerprint density at radius 3 is 2.09 bits per heavy atom. The average Bonchev–Trinajstić information content (AvgIpc) is 2.83. The summed E-state index contributed by atoms with van der Waals surface area (Å²) >= 11 is 0. The van der Waals surface area contributed by atoms with Crippen LogP contribution in [-0.4, -0.2) is 33.9 Å². The van der Waals surface area contributed by atoms with E-state index in [0.717, 1.165) is 16.3 Å². The van der Waals surface area contributed by atoms with Gasteiger partial charge < -0.3 is 10.1 Å². The second-order valence-corrected chi connectivity index (χ2v) is 8.82. The summed E-state index contributed by atoms with van der Waals surface area (Å²) in [5, 5.41) is 2.68. The number of anilines is 2. The summed E-state index contributed by atoms with van der Waals surface area (Å²) in [4.78, 5) is 24.4. The minimum atomic E-state index is -3.97. The maximum Gasteiger partial charge on any atom is 0.337 e. The van der Waals surface area contributed by atoms with Crippen molar-refractivity contribution in [1.82, 2.24) is 0 Å². The molecule has 0 radical (unpaired) electrons. The fourth-order valence-electron chi connectivity index (χ4n) is 3.07. The molecule has 0 atom stereocenters. The third-order valence-corrected chi connectivity index (χ3v) is 6.63. The van der Waals surface area contributed by atoms with Gasteiger partial charge in [-0.25, -0.2) is 13.2 Å². The molecule has 1 N–H and O–H groups in total. The summed E-state index contributed by atoms with van der Waals surface area (Å²) < 4.78 is 32.4. The molecule has 0 fully saturated rings. The lowest BCUT2D eigenvalue weighted by Gasteiger charge is -2.24. The maximum atomic E-state index is 13.3. The van der Waals surface area contributed by atoms with Crippen LogP contribution in [0.5, 0.6) is 0 Å². The third kappa shape index (κ3) is 5.33. The van der Waals surface area contributed by atoms with Gasteiger partial charge in [0.25, 0.3) is 10.0 Å². The summed E-state index contributed by atoms with van der Waals surface area (Å²) in [6, 6.07) is 21.2. The normalized spacial score (nSPS) is 10.9. The highest BCUT2D eigenvalue weighted by Gasteiger charge is 2.27. The Labute approximate surface area is 187 Å². The Morgan fingerprint density at radius 2 is 1.53 bits per heavy atom. The van der Waals surface area contributed by atoms with Gasteiger partial charge in [-0.3, -0.25) is 9.10 Å². The van der Waals surface area contributed by atoms with E-state index in [1.54, 1.807) is 42.5 Å². The standard InChI is InChI=1S/C24H24N2O5S/c1-3-18-9-15-21(16-10-18)26(32(29,30)22-7-5-4-6-8-22)17-23(27)25-20-13-11-19(12-14-20)24(28)31-2/h4-16H,3,17H2,1-2H3,(H,25,27). The Balaban J connectivity index is 1.86. The zero-order valence-corrected chi connectivity index (χ0v) is 18.6. The van der Waals surface area contributed by atoms with Crippen molar-refractivity contribution in [2.24, 2.45) is 0 Å². The molecule has 0 aliphatic rings. The molecule has 7 nitrogen and oxygen atoms in total. The number of ether oxygens (including phenoxy) is 1. The number of methoxy groups -OCH3 is 1. The number of amides is 1. The van der Waals surface area contributed by atoms with Crippen molar-refractivity contribution in [1.29, 1.82) is 0 Å². The van der Waals surface area contributed by atoms with Crippen LogP contribution in [0.4, 0.5) is 11.4 Å². The molecule has 0 unspecified atom stereocenters. The highest BCUT2D eigenvalue weighted by atomic mass is 32.2. The number of rotatable bonds is 8. The molecular weight excluding hydrogens is 428 g/mol. The highest BCUT2D eigenvalue weighted by molar-refractivity contribution is 7.92. The molecule has 3 rings (SSSR count). The lowest BCUT2D eigenvalue weighted by atomic mass is 10.1. The monoisotopic (exact) mass is 452 g/mol. The van der Waals surface area contributed by atoms with Gasteiger partial charge in [0.1, 0.15) is 6.54 Å². The first-order valence-corrected chi connectivity index (χ1v) is 11.4. The van der Waals surface area contributed by atoms with E-state index in [4.69, 9.17) is 0 Å². The zero-order valence-electron chi connectivity index (χ0n) is 17.8.